The molecule has 1 aliphatic rings. The van der Waals surface area contributed by atoms with Crippen LogP contribution >= 0.6 is 11.8 Å². The number of thioether (sulfide) groups is 1. The van der Waals surface area contributed by atoms with E-state index >= 15 is 0 Å². The highest BCUT2D eigenvalue weighted by atomic mass is 32.2. The van der Waals surface area contributed by atoms with Crippen molar-refractivity contribution in [2.24, 2.45) is 17.8 Å². The van der Waals surface area contributed by atoms with E-state index in [1.807, 2.05) is 0 Å². The lowest BCUT2D eigenvalue weighted by Crippen LogP contribution is -2.36. The Morgan fingerprint density at radius 3 is 2.67 bits per heavy atom. The number of aromatic nitrogens is 3. The molecule has 6 heteroatoms. The Hall–Kier alpha value is -1.04. The third kappa shape index (κ3) is 5.23. The minimum Gasteiger partial charge on any atom is -0.461 e. The summed E-state index contributed by atoms with van der Waals surface area (Å²) in [7, 11) is 0. The van der Waals surface area contributed by atoms with Crippen LogP contribution in [0.2, 0.25) is 0 Å². The molecule has 0 bridgehead atoms. The molecule has 1 aromatic heterocycles. The van der Waals surface area contributed by atoms with Crippen LogP contribution in [0.1, 0.15) is 66.6 Å². The number of rotatable bonds is 5. The van der Waals surface area contributed by atoms with Crippen molar-refractivity contribution in [3.63, 3.8) is 0 Å². The van der Waals surface area contributed by atoms with E-state index in [4.69, 9.17) is 4.74 Å². The van der Waals surface area contributed by atoms with Gasteiger partial charge in [-0.3, -0.25) is 9.89 Å². The minimum atomic E-state index is -0.160. The molecular formula is C18H31N3O2S. The van der Waals surface area contributed by atoms with Crippen LogP contribution < -0.4 is 0 Å². The van der Waals surface area contributed by atoms with Gasteiger partial charge in [-0.25, -0.2) is 4.98 Å². The van der Waals surface area contributed by atoms with Crippen LogP contribution in [0.15, 0.2) is 5.16 Å². The second kappa shape index (κ2) is 7.89. The summed E-state index contributed by atoms with van der Waals surface area (Å²) in [5.74, 6) is 2.59. The first-order valence-corrected chi connectivity index (χ1v) is 9.90. The number of hydrogen-bond acceptors (Lipinski definition) is 5. The molecule has 0 spiro atoms. The van der Waals surface area contributed by atoms with E-state index in [-0.39, 0.29) is 23.2 Å². The van der Waals surface area contributed by atoms with Gasteiger partial charge >= 0.3 is 5.97 Å². The highest BCUT2D eigenvalue weighted by Gasteiger charge is 2.33. The lowest BCUT2D eigenvalue weighted by Gasteiger charge is -2.36. The molecule has 1 saturated carbocycles. The van der Waals surface area contributed by atoms with Gasteiger partial charge in [0.25, 0.3) is 0 Å². The first-order valence-electron chi connectivity index (χ1n) is 8.92. The Morgan fingerprint density at radius 2 is 2.08 bits per heavy atom. The predicted octanol–water partition coefficient (Wildman–Crippen LogP) is 4.20. The summed E-state index contributed by atoms with van der Waals surface area (Å²) in [4.78, 5) is 16.7. The number of carbonyl (C=O) groups excluding carboxylic acids is 1. The van der Waals surface area contributed by atoms with E-state index in [2.05, 4.69) is 56.7 Å². The molecule has 0 radical (unpaired) electrons. The van der Waals surface area contributed by atoms with Gasteiger partial charge in [0.15, 0.2) is 0 Å². The molecule has 24 heavy (non-hydrogen) atoms. The van der Waals surface area contributed by atoms with Crippen LogP contribution in [-0.2, 0) is 14.9 Å². The molecular weight excluding hydrogens is 322 g/mol. The number of esters is 1. The average molecular weight is 354 g/mol. The molecule has 0 amide bonds. The smallest absolute Gasteiger partial charge is 0.316 e. The molecule has 1 aliphatic carbocycles. The second-order valence-electron chi connectivity index (χ2n) is 8.36. The van der Waals surface area contributed by atoms with Crippen molar-refractivity contribution in [2.75, 3.05) is 5.75 Å². The third-order valence-electron chi connectivity index (χ3n) is 4.74. The number of nitrogens with zero attached hydrogens (tertiary/aromatic N) is 2. The van der Waals surface area contributed by atoms with Gasteiger partial charge in [-0.1, -0.05) is 59.7 Å². The van der Waals surface area contributed by atoms with Gasteiger partial charge in [0.1, 0.15) is 11.9 Å². The van der Waals surface area contributed by atoms with Gasteiger partial charge in [-0.15, -0.1) is 5.10 Å². The van der Waals surface area contributed by atoms with E-state index in [9.17, 15) is 4.79 Å². The molecule has 2 rings (SSSR count). The van der Waals surface area contributed by atoms with Crippen molar-refractivity contribution in [3.05, 3.63) is 5.82 Å². The van der Waals surface area contributed by atoms with E-state index in [0.29, 0.717) is 22.9 Å². The van der Waals surface area contributed by atoms with Crippen molar-refractivity contribution in [1.29, 1.82) is 0 Å². The highest BCUT2D eigenvalue weighted by molar-refractivity contribution is 7.99. The van der Waals surface area contributed by atoms with Crippen molar-refractivity contribution >= 4 is 17.7 Å². The summed E-state index contributed by atoms with van der Waals surface area (Å²) in [6.45, 7) is 12.9. The van der Waals surface area contributed by atoms with E-state index in [1.165, 1.54) is 18.2 Å². The quantitative estimate of drug-likeness (QED) is 0.635. The SMILES string of the molecule is CC1CCC(C(C)C)C(OC(=O)CSc2n[nH]c(C(C)(C)C)n2)C1. The van der Waals surface area contributed by atoms with E-state index < -0.39 is 0 Å². The average Bonchev–Trinajstić information content (AvgIpc) is 2.94. The summed E-state index contributed by atoms with van der Waals surface area (Å²) in [5.41, 5.74) is -0.0744. The Labute approximate surface area is 149 Å². The summed E-state index contributed by atoms with van der Waals surface area (Å²) in [5, 5.41) is 7.73. The Kier molecular flexibility index (Phi) is 6.34. The van der Waals surface area contributed by atoms with E-state index in [1.54, 1.807) is 0 Å². The first-order chi connectivity index (χ1) is 11.2. The molecule has 1 N–H and O–H groups in total. The van der Waals surface area contributed by atoms with Crippen molar-refractivity contribution in [2.45, 2.75) is 77.5 Å². The molecule has 3 atom stereocenters. The number of H-pyrrole nitrogens is 1. The maximum atomic E-state index is 12.3. The predicted molar refractivity (Wildman–Crippen MR) is 97.0 cm³/mol. The molecule has 0 aliphatic heterocycles. The lowest BCUT2D eigenvalue weighted by atomic mass is 9.75. The Balaban J connectivity index is 1.87. The minimum absolute atomic E-state index is 0.0547. The van der Waals surface area contributed by atoms with Crippen LogP contribution in [0.25, 0.3) is 0 Å². The maximum Gasteiger partial charge on any atom is 0.316 e. The molecule has 1 aromatic rings. The summed E-state index contributed by atoms with van der Waals surface area (Å²) in [6.07, 6.45) is 3.42. The fourth-order valence-electron chi connectivity index (χ4n) is 3.22. The Morgan fingerprint density at radius 1 is 1.38 bits per heavy atom. The molecule has 1 heterocycles. The van der Waals surface area contributed by atoms with Crippen LogP contribution in [0, 0.1) is 17.8 Å². The third-order valence-corrected chi connectivity index (χ3v) is 5.56. The zero-order chi connectivity index (χ0) is 17.9. The zero-order valence-corrected chi connectivity index (χ0v) is 16.6. The first kappa shape index (κ1) is 19.3. The Bertz CT molecular complexity index is 551. The molecule has 5 nitrogen and oxygen atoms in total. The fraction of sp³-hybridized carbons (Fsp3) is 0.833. The molecule has 0 aromatic carbocycles. The summed E-state index contributed by atoms with van der Waals surface area (Å²) < 4.78 is 5.81. The van der Waals surface area contributed by atoms with Crippen LogP contribution in [-0.4, -0.2) is 33.0 Å². The number of carbonyl (C=O) groups is 1. The van der Waals surface area contributed by atoms with Gasteiger partial charge in [-0.05, 0) is 30.6 Å². The summed E-state index contributed by atoms with van der Waals surface area (Å²) >= 11 is 1.34. The zero-order valence-electron chi connectivity index (χ0n) is 15.8. The van der Waals surface area contributed by atoms with Gasteiger partial charge in [-0.2, -0.15) is 0 Å². The largest absolute Gasteiger partial charge is 0.461 e. The van der Waals surface area contributed by atoms with Gasteiger partial charge in [0, 0.05) is 5.41 Å². The summed E-state index contributed by atoms with van der Waals surface area (Å²) in [6, 6.07) is 0. The molecule has 1 fully saturated rings. The van der Waals surface area contributed by atoms with E-state index in [0.717, 1.165) is 18.7 Å². The van der Waals surface area contributed by atoms with Crippen LogP contribution in [0.5, 0.6) is 0 Å². The van der Waals surface area contributed by atoms with Crippen molar-refractivity contribution in [3.8, 4) is 0 Å². The normalized spacial score (nSPS) is 25.0. The topological polar surface area (TPSA) is 67.9 Å². The number of aromatic amines is 1. The second-order valence-corrected chi connectivity index (χ2v) is 9.30. The molecule has 136 valence electrons. The maximum absolute atomic E-state index is 12.3. The monoisotopic (exact) mass is 353 g/mol. The molecule has 0 saturated heterocycles. The lowest BCUT2D eigenvalue weighted by molar-refractivity contribution is -0.152. The van der Waals surface area contributed by atoms with Crippen LogP contribution in [0.4, 0.5) is 0 Å². The molecule has 3 unspecified atom stereocenters. The number of ether oxygens (including phenoxy) is 1. The fourth-order valence-corrected chi connectivity index (χ4v) is 3.80. The van der Waals surface area contributed by atoms with Crippen LogP contribution in [0.3, 0.4) is 0 Å². The van der Waals surface area contributed by atoms with Crippen molar-refractivity contribution < 1.29 is 9.53 Å². The number of nitrogens with one attached hydrogen (secondary N) is 1. The van der Waals surface area contributed by atoms with Gasteiger partial charge < -0.3 is 4.74 Å². The highest BCUT2D eigenvalue weighted by Crippen LogP contribution is 2.35. The standard InChI is InChI=1S/C18H31N3O2S/c1-11(2)13-8-7-12(3)9-14(13)23-15(22)10-24-17-19-16(20-21-17)18(4,5)6/h11-14H,7-10H2,1-6H3,(H,19,20,21). The van der Waals surface area contributed by atoms with Gasteiger partial charge in [0.05, 0.1) is 5.75 Å². The number of hydrogen-bond donors (Lipinski definition) is 1. The van der Waals surface area contributed by atoms with Gasteiger partial charge in [0.2, 0.25) is 5.16 Å². The van der Waals surface area contributed by atoms with Crippen molar-refractivity contribution in [1.82, 2.24) is 15.2 Å².